The van der Waals surface area contributed by atoms with E-state index in [0.717, 1.165) is 43.7 Å². The molecule has 1 aliphatic rings. The predicted molar refractivity (Wildman–Crippen MR) is 150 cm³/mol. The summed E-state index contributed by atoms with van der Waals surface area (Å²) in [6.07, 6.45) is 0. The van der Waals surface area contributed by atoms with Gasteiger partial charge in [0.2, 0.25) is 0 Å². The highest BCUT2D eigenvalue weighted by Crippen LogP contribution is 2.34. The lowest BCUT2D eigenvalue weighted by molar-refractivity contribution is 0.218. The van der Waals surface area contributed by atoms with Gasteiger partial charge in [0.25, 0.3) is 0 Å². The first-order chi connectivity index (χ1) is 17.5. The van der Waals surface area contributed by atoms with Gasteiger partial charge in [-0.15, -0.1) is 0 Å². The van der Waals surface area contributed by atoms with Crippen LogP contribution in [0.3, 0.4) is 0 Å². The molecule has 1 fully saturated rings. The van der Waals surface area contributed by atoms with Crippen molar-refractivity contribution in [1.29, 1.82) is 0 Å². The summed E-state index contributed by atoms with van der Waals surface area (Å²) in [6, 6.07) is 34.2. The number of para-hydroxylation sites is 1. The minimum Gasteiger partial charge on any atom is -0.497 e. The molecule has 1 unspecified atom stereocenters. The van der Waals surface area contributed by atoms with Crippen LogP contribution in [0.4, 0.5) is 10.5 Å². The van der Waals surface area contributed by atoms with Crippen LogP contribution in [0.1, 0.15) is 11.1 Å². The van der Waals surface area contributed by atoms with E-state index in [1.807, 2.05) is 76.5 Å². The topological polar surface area (TPSA) is 32.8 Å². The number of nitrogens with zero attached hydrogens (tertiary/aromatic N) is 2. The molecule has 4 aromatic rings. The quantitative estimate of drug-likeness (QED) is 0.242. The van der Waals surface area contributed by atoms with E-state index in [9.17, 15) is 4.79 Å². The summed E-state index contributed by atoms with van der Waals surface area (Å²) in [5.41, 5.74) is 6.18. The lowest BCUT2D eigenvalue weighted by Gasteiger charge is -2.25. The Labute approximate surface area is 220 Å². The molecule has 2 amide bonds. The fourth-order valence-electron chi connectivity index (χ4n) is 4.59. The number of urea groups is 1. The van der Waals surface area contributed by atoms with E-state index in [1.54, 1.807) is 7.11 Å². The van der Waals surface area contributed by atoms with Gasteiger partial charge >= 0.3 is 6.03 Å². The molecule has 5 heteroatoms. The zero-order valence-corrected chi connectivity index (χ0v) is 21.7. The van der Waals surface area contributed by atoms with E-state index in [-0.39, 0.29) is 12.1 Å². The van der Waals surface area contributed by atoms with Crippen LogP contribution in [0.5, 0.6) is 5.75 Å². The molecule has 4 nitrogen and oxygen atoms in total. The van der Waals surface area contributed by atoms with Gasteiger partial charge in [0.1, 0.15) is 5.75 Å². The SMILES string of the molecule is C=C(c1ccc(-c2ccc(Br)cc2)cc1)C1CN(Cc2ccc(OC)cc2)C(=O)N1c1ccccc1. The number of benzene rings is 4. The normalized spacial score (nSPS) is 15.3. The zero-order valence-electron chi connectivity index (χ0n) is 20.1. The van der Waals surface area contributed by atoms with E-state index < -0.39 is 0 Å². The highest BCUT2D eigenvalue weighted by atomic mass is 79.9. The average molecular weight is 539 g/mol. The molecular weight excluding hydrogens is 512 g/mol. The van der Waals surface area contributed by atoms with Gasteiger partial charge in [-0.3, -0.25) is 4.90 Å². The smallest absolute Gasteiger partial charge is 0.325 e. The molecule has 0 aromatic heterocycles. The van der Waals surface area contributed by atoms with E-state index in [1.165, 1.54) is 0 Å². The summed E-state index contributed by atoms with van der Waals surface area (Å²) in [5.74, 6) is 0.801. The van der Waals surface area contributed by atoms with Crippen LogP contribution in [0.15, 0.2) is 114 Å². The molecule has 0 saturated carbocycles. The minimum absolute atomic E-state index is 0.0188. The van der Waals surface area contributed by atoms with Gasteiger partial charge in [-0.25, -0.2) is 4.79 Å². The number of carbonyl (C=O) groups excluding carboxylic acids is 1. The Morgan fingerprint density at radius 3 is 2.11 bits per heavy atom. The first kappa shape index (κ1) is 23.9. The van der Waals surface area contributed by atoms with Gasteiger partial charge < -0.3 is 9.64 Å². The number of hydrogen-bond acceptors (Lipinski definition) is 2. The van der Waals surface area contributed by atoms with Crippen LogP contribution in [-0.2, 0) is 6.54 Å². The van der Waals surface area contributed by atoms with Crippen molar-refractivity contribution in [3.05, 3.63) is 125 Å². The van der Waals surface area contributed by atoms with Crippen LogP contribution in [-0.4, -0.2) is 30.6 Å². The summed E-state index contributed by atoms with van der Waals surface area (Å²) in [4.78, 5) is 17.4. The van der Waals surface area contributed by atoms with Gasteiger partial charge in [0.05, 0.1) is 13.2 Å². The van der Waals surface area contributed by atoms with Crippen LogP contribution >= 0.6 is 15.9 Å². The van der Waals surface area contributed by atoms with Gasteiger partial charge in [-0.1, -0.05) is 89.2 Å². The highest BCUT2D eigenvalue weighted by Gasteiger charge is 2.39. The Bertz CT molecular complexity index is 1350. The second-order valence-electron chi connectivity index (χ2n) is 8.84. The van der Waals surface area contributed by atoms with Crippen LogP contribution < -0.4 is 9.64 Å². The fourth-order valence-corrected chi connectivity index (χ4v) is 4.86. The lowest BCUT2D eigenvalue weighted by Crippen LogP contribution is -2.35. The van der Waals surface area contributed by atoms with Crippen molar-refractivity contribution in [2.75, 3.05) is 18.6 Å². The molecule has 4 aromatic carbocycles. The molecule has 1 aliphatic heterocycles. The summed E-state index contributed by atoms with van der Waals surface area (Å²) >= 11 is 3.49. The molecule has 1 heterocycles. The Morgan fingerprint density at radius 2 is 1.50 bits per heavy atom. The Hall–Kier alpha value is -3.83. The summed E-state index contributed by atoms with van der Waals surface area (Å²) in [6.45, 7) is 5.54. The van der Waals surface area contributed by atoms with Gasteiger partial charge in [-0.2, -0.15) is 0 Å². The molecule has 36 heavy (non-hydrogen) atoms. The summed E-state index contributed by atoms with van der Waals surface area (Å²) < 4.78 is 6.33. The molecule has 0 spiro atoms. The Balaban J connectivity index is 1.41. The summed E-state index contributed by atoms with van der Waals surface area (Å²) in [7, 11) is 1.65. The molecule has 0 N–H and O–H groups in total. The van der Waals surface area contributed by atoms with Gasteiger partial charge in [0, 0.05) is 23.2 Å². The van der Waals surface area contributed by atoms with Crippen molar-refractivity contribution in [3.63, 3.8) is 0 Å². The molecule has 180 valence electrons. The number of halogens is 1. The molecule has 0 aliphatic carbocycles. The van der Waals surface area contributed by atoms with E-state index >= 15 is 0 Å². The maximum absolute atomic E-state index is 13.6. The van der Waals surface area contributed by atoms with Gasteiger partial charge in [0.15, 0.2) is 0 Å². The number of amides is 2. The zero-order chi connectivity index (χ0) is 25.1. The minimum atomic E-state index is -0.170. The number of ether oxygens (including phenoxy) is 1. The van der Waals surface area contributed by atoms with Crippen molar-refractivity contribution < 1.29 is 9.53 Å². The van der Waals surface area contributed by atoms with E-state index in [0.29, 0.717) is 13.1 Å². The second kappa shape index (κ2) is 10.4. The third kappa shape index (κ3) is 4.93. The highest BCUT2D eigenvalue weighted by molar-refractivity contribution is 9.10. The monoisotopic (exact) mass is 538 g/mol. The molecule has 0 bridgehead atoms. The Morgan fingerprint density at radius 1 is 0.889 bits per heavy atom. The van der Waals surface area contributed by atoms with Crippen molar-refractivity contribution in [2.45, 2.75) is 12.6 Å². The van der Waals surface area contributed by atoms with Crippen molar-refractivity contribution in [1.82, 2.24) is 4.90 Å². The van der Waals surface area contributed by atoms with Crippen LogP contribution in [0.2, 0.25) is 0 Å². The van der Waals surface area contributed by atoms with Gasteiger partial charge in [-0.05, 0) is 64.2 Å². The molecular formula is C31H27BrN2O2. The summed E-state index contributed by atoms with van der Waals surface area (Å²) in [5, 5.41) is 0. The second-order valence-corrected chi connectivity index (χ2v) is 9.76. The number of carbonyl (C=O) groups is 1. The molecule has 1 atom stereocenters. The third-order valence-electron chi connectivity index (χ3n) is 6.58. The number of rotatable bonds is 7. The molecule has 5 rings (SSSR count). The standard InChI is InChI=1S/C31H27BrN2O2/c1-22(24-10-12-25(13-11-24)26-14-16-27(32)17-15-26)30-21-33(20-23-8-18-29(36-2)19-9-23)31(35)34(30)28-6-4-3-5-7-28/h3-19,30H,1,20-21H2,2H3. The Kier molecular flexibility index (Phi) is 6.92. The number of methoxy groups -OCH3 is 1. The molecule has 1 saturated heterocycles. The number of anilines is 1. The lowest BCUT2D eigenvalue weighted by atomic mass is 9.96. The van der Waals surface area contributed by atoms with Crippen molar-refractivity contribution in [2.24, 2.45) is 0 Å². The predicted octanol–water partition coefficient (Wildman–Crippen LogP) is 7.65. The van der Waals surface area contributed by atoms with Crippen molar-refractivity contribution >= 4 is 33.2 Å². The maximum Gasteiger partial charge on any atom is 0.325 e. The fraction of sp³-hybridized carbons (Fsp3) is 0.129. The largest absolute Gasteiger partial charge is 0.497 e. The first-order valence-electron chi connectivity index (χ1n) is 11.8. The maximum atomic E-state index is 13.6. The van der Waals surface area contributed by atoms with Crippen LogP contribution in [0.25, 0.3) is 16.7 Å². The van der Waals surface area contributed by atoms with E-state index in [4.69, 9.17) is 4.74 Å². The average Bonchev–Trinajstić information content (AvgIpc) is 3.25. The third-order valence-corrected chi connectivity index (χ3v) is 7.11. The van der Waals surface area contributed by atoms with Crippen LogP contribution in [0, 0.1) is 0 Å². The molecule has 0 radical (unpaired) electrons. The first-order valence-corrected chi connectivity index (χ1v) is 12.6. The number of hydrogen-bond donors (Lipinski definition) is 0. The van der Waals surface area contributed by atoms with E-state index in [2.05, 4.69) is 58.9 Å². The van der Waals surface area contributed by atoms with Crippen molar-refractivity contribution in [3.8, 4) is 16.9 Å².